The van der Waals surface area contributed by atoms with E-state index in [9.17, 15) is 23.6 Å². The number of benzene rings is 4. The van der Waals surface area contributed by atoms with Crippen LogP contribution in [0.2, 0.25) is 0 Å². The molecule has 0 radical (unpaired) electrons. The number of anilines is 2. The van der Waals surface area contributed by atoms with Crippen molar-refractivity contribution in [1.82, 2.24) is 35.3 Å². The first kappa shape index (κ1) is 58.9. The Labute approximate surface area is 490 Å². The van der Waals surface area contributed by atoms with Gasteiger partial charge in [-0.15, -0.1) is 11.3 Å². The molecule has 4 fully saturated rings. The third-order valence-corrected chi connectivity index (χ3v) is 18.0. The highest BCUT2D eigenvalue weighted by molar-refractivity contribution is 7.13. The van der Waals surface area contributed by atoms with Crippen molar-refractivity contribution in [2.45, 2.75) is 111 Å². The number of nitrogens with zero attached hydrogens (tertiary/aromatic N) is 5. The highest BCUT2D eigenvalue weighted by atomic mass is 32.1. The lowest BCUT2D eigenvalue weighted by molar-refractivity contribution is -0.141. The first-order valence-electron chi connectivity index (χ1n) is 29.1. The minimum atomic E-state index is -1.18. The summed E-state index contributed by atoms with van der Waals surface area (Å²) in [7, 11) is 1.63. The van der Waals surface area contributed by atoms with Gasteiger partial charge in [0.25, 0.3) is 0 Å². The summed E-state index contributed by atoms with van der Waals surface area (Å²) >= 11 is 1.65. The lowest BCUT2D eigenvalue weighted by Crippen LogP contribution is -2.58. The molecule has 4 N–H and O–H groups in total. The van der Waals surface area contributed by atoms with Gasteiger partial charge >= 0.3 is 0 Å². The summed E-state index contributed by atoms with van der Waals surface area (Å²) in [5.74, 6) is 0.663. The Hall–Kier alpha value is -7.25. The molecule has 0 unspecified atom stereocenters. The number of nitrogens with one attached hydrogen (secondary N) is 4. The molecule has 83 heavy (non-hydrogen) atoms. The van der Waals surface area contributed by atoms with Gasteiger partial charge in [-0.1, -0.05) is 58.5 Å². The summed E-state index contributed by atoms with van der Waals surface area (Å²) in [6.07, 6.45) is 7.01. The second-order valence-electron chi connectivity index (χ2n) is 24.0. The Balaban J connectivity index is 0.643. The zero-order valence-corrected chi connectivity index (χ0v) is 49.4. The normalized spacial score (nSPS) is 19.0. The van der Waals surface area contributed by atoms with E-state index in [0.29, 0.717) is 79.7 Å². The van der Waals surface area contributed by atoms with Gasteiger partial charge in [0.05, 0.1) is 48.0 Å². The molecule has 4 aromatic carbocycles. The number of likely N-dealkylation sites (tertiary alicyclic amines) is 3. The van der Waals surface area contributed by atoms with Crippen LogP contribution in [0, 0.1) is 35.4 Å². The van der Waals surface area contributed by atoms with Gasteiger partial charge in [0.2, 0.25) is 23.6 Å². The zero-order valence-electron chi connectivity index (χ0n) is 48.6. The van der Waals surface area contributed by atoms with Gasteiger partial charge in [0.1, 0.15) is 34.5 Å². The van der Waals surface area contributed by atoms with E-state index in [4.69, 9.17) is 14.2 Å². The number of rotatable bonds is 21. The monoisotopic (exact) mass is 1150 g/mol. The van der Waals surface area contributed by atoms with Crippen LogP contribution < -0.4 is 30.7 Å². The van der Waals surface area contributed by atoms with Gasteiger partial charge in [-0.3, -0.25) is 24.2 Å². The maximum Gasteiger partial charge on any atom is 0.246 e. The molecule has 18 heteroatoms. The second-order valence-corrected chi connectivity index (χ2v) is 24.9. The van der Waals surface area contributed by atoms with Gasteiger partial charge in [-0.2, -0.15) is 0 Å². The van der Waals surface area contributed by atoms with E-state index in [0.717, 1.165) is 104 Å². The standard InChI is InChI=1S/C65H78FN9O7S/c1-41-34-55(42(2)68-37-44-8-10-45(11-9-44)58-43(3)69-40-83-58)75(38-41)61(77)59(64(4,5)6)72-60(76)46-21-30-74(31-22-46)51-23-28-73(29-24-51)32-33-81-39-47-35-54-53(36-57(47)80-7)56(20-27-67-54)82-52-18-16-50(17-19-52)71-63(79)65(25-26-65)62(78)70-49-14-12-48(66)13-15-49/h8-20,27,35-36,40-41,46,51,55,59,68H,2,21-26,28-34,37-39H2,1,3-7H3,(H,70,78)(H,71,79)(H,72,76)/t41-,55+,59-/m1/s1. The molecule has 3 aliphatic heterocycles. The fourth-order valence-electron chi connectivity index (χ4n) is 11.8. The number of carbonyl (C=O) groups excluding carboxylic acids is 4. The minimum absolute atomic E-state index is 0.0229. The van der Waals surface area contributed by atoms with Crippen molar-refractivity contribution >= 4 is 57.2 Å². The maximum atomic E-state index is 14.6. The molecule has 4 aliphatic rings. The summed E-state index contributed by atoms with van der Waals surface area (Å²) < 4.78 is 31.8. The molecule has 3 atom stereocenters. The van der Waals surface area contributed by atoms with Crippen molar-refractivity contribution in [2.24, 2.45) is 22.7 Å². The molecule has 438 valence electrons. The van der Waals surface area contributed by atoms with Crippen LogP contribution in [0.1, 0.15) is 89.5 Å². The summed E-state index contributed by atoms with van der Waals surface area (Å²) in [5, 5.41) is 13.2. The number of halogens is 1. The van der Waals surface area contributed by atoms with Crippen molar-refractivity contribution in [3.8, 4) is 27.7 Å². The average molecular weight is 1150 g/mol. The molecule has 5 heterocycles. The lowest BCUT2D eigenvalue weighted by atomic mass is 9.84. The molecular weight excluding hydrogens is 1070 g/mol. The van der Waals surface area contributed by atoms with E-state index in [1.165, 1.54) is 29.1 Å². The maximum absolute atomic E-state index is 14.6. The summed E-state index contributed by atoms with van der Waals surface area (Å²) in [6.45, 7) is 21.4. The van der Waals surface area contributed by atoms with Gasteiger partial charge < -0.3 is 50.2 Å². The first-order valence-corrected chi connectivity index (χ1v) is 30.0. The molecule has 2 aromatic heterocycles. The van der Waals surface area contributed by atoms with Crippen LogP contribution in [0.15, 0.2) is 115 Å². The van der Waals surface area contributed by atoms with Gasteiger partial charge in [-0.25, -0.2) is 9.37 Å². The average Bonchev–Trinajstić information content (AvgIpc) is 3.07. The Morgan fingerprint density at radius 1 is 0.855 bits per heavy atom. The Kier molecular flexibility index (Phi) is 18.3. The highest BCUT2D eigenvalue weighted by Crippen LogP contribution is 2.48. The number of pyridine rings is 1. The molecule has 10 rings (SSSR count). The molecule has 4 amide bonds. The second kappa shape index (κ2) is 25.7. The first-order chi connectivity index (χ1) is 39.9. The van der Waals surface area contributed by atoms with E-state index in [1.807, 2.05) is 50.2 Å². The molecule has 6 aromatic rings. The van der Waals surface area contributed by atoms with E-state index in [-0.39, 0.29) is 23.8 Å². The molecule has 3 saturated heterocycles. The van der Waals surface area contributed by atoms with Crippen LogP contribution >= 0.6 is 11.3 Å². The number of amides is 4. The Morgan fingerprint density at radius 2 is 1.53 bits per heavy atom. The zero-order chi connectivity index (χ0) is 58.4. The van der Waals surface area contributed by atoms with E-state index >= 15 is 0 Å². The third kappa shape index (κ3) is 14.1. The van der Waals surface area contributed by atoms with E-state index < -0.39 is 34.5 Å². The SMILES string of the molecule is C=C(NCc1ccc(-c2scnc2C)cc1)[C@@H]1C[C@@H](C)CN1C(=O)[C@@H](NC(=O)C1CCN(C2CCN(CCOCc3cc4nccc(Oc5ccc(NC(=O)C6(C(=O)Nc7ccc(F)cc7)CC6)cc5)c4cc3OC)CC2)CC1)C(C)(C)C. The topological polar surface area (TPSA) is 180 Å². The fraction of sp³-hybridized carbons (Fsp3) is 0.446. The predicted octanol–water partition coefficient (Wildman–Crippen LogP) is 10.7. The van der Waals surface area contributed by atoms with Crippen LogP contribution in [0.3, 0.4) is 0 Å². The number of fused-ring (bicyclic) bond motifs is 1. The van der Waals surface area contributed by atoms with E-state index in [2.05, 4.69) is 78.8 Å². The number of hydrogen-bond acceptors (Lipinski definition) is 13. The van der Waals surface area contributed by atoms with Crippen LogP contribution in [-0.4, -0.2) is 119 Å². The molecule has 1 saturated carbocycles. The number of aromatic nitrogens is 2. The predicted molar refractivity (Wildman–Crippen MR) is 322 cm³/mol. The third-order valence-electron chi connectivity index (χ3n) is 17.0. The number of methoxy groups -OCH3 is 1. The molecule has 16 nitrogen and oxygen atoms in total. The highest BCUT2D eigenvalue weighted by Gasteiger charge is 2.56. The smallest absolute Gasteiger partial charge is 0.246 e. The van der Waals surface area contributed by atoms with Crippen molar-refractivity contribution in [2.75, 3.05) is 63.6 Å². The van der Waals surface area contributed by atoms with E-state index in [1.54, 1.807) is 55.0 Å². The van der Waals surface area contributed by atoms with Gasteiger partial charge in [0, 0.05) is 65.8 Å². The van der Waals surface area contributed by atoms with Crippen LogP contribution in [0.25, 0.3) is 21.3 Å². The fourth-order valence-corrected chi connectivity index (χ4v) is 12.6. The molecular formula is C65H78FN9O7S. The largest absolute Gasteiger partial charge is 0.496 e. The van der Waals surface area contributed by atoms with Crippen molar-refractivity contribution < 1.29 is 37.8 Å². The molecule has 1 aliphatic carbocycles. The van der Waals surface area contributed by atoms with Crippen LogP contribution in [0.5, 0.6) is 17.2 Å². The van der Waals surface area contributed by atoms with Crippen LogP contribution in [-0.2, 0) is 37.1 Å². The summed E-state index contributed by atoms with van der Waals surface area (Å²) in [6, 6.07) is 26.2. The number of hydrogen-bond donors (Lipinski definition) is 4. The Bertz CT molecular complexity index is 3270. The van der Waals surface area contributed by atoms with Gasteiger partial charge in [0.15, 0.2) is 0 Å². The number of ether oxygens (including phenoxy) is 3. The molecule has 0 bridgehead atoms. The number of piperidine rings is 2. The summed E-state index contributed by atoms with van der Waals surface area (Å²) in [4.78, 5) is 72.1. The van der Waals surface area contributed by atoms with Gasteiger partial charge in [-0.05, 0) is 167 Å². The molecule has 0 spiro atoms. The van der Waals surface area contributed by atoms with Crippen molar-refractivity contribution in [3.05, 3.63) is 138 Å². The quantitative estimate of drug-likeness (QED) is 0.0396. The van der Waals surface area contributed by atoms with Crippen LogP contribution in [0.4, 0.5) is 15.8 Å². The Morgan fingerprint density at radius 3 is 2.16 bits per heavy atom. The number of thiazole rings is 1. The lowest BCUT2D eigenvalue weighted by Gasteiger charge is -2.42. The van der Waals surface area contributed by atoms with Crippen molar-refractivity contribution in [1.29, 1.82) is 0 Å². The summed E-state index contributed by atoms with van der Waals surface area (Å²) in [5.41, 5.74) is 6.91. The number of aryl methyl sites for hydroxylation is 1. The van der Waals surface area contributed by atoms with Crippen molar-refractivity contribution in [3.63, 3.8) is 0 Å². The number of carbonyl (C=O) groups is 4. The minimum Gasteiger partial charge on any atom is -0.496 e.